The van der Waals surface area contributed by atoms with Crippen LogP contribution in [0.1, 0.15) is 18.1 Å². The van der Waals surface area contributed by atoms with Crippen molar-refractivity contribution in [2.24, 2.45) is 0 Å². The van der Waals surface area contributed by atoms with E-state index in [0.717, 1.165) is 11.1 Å². The Bertz CT molecular complexity index is 708. The third kappa shape index (κ3) is 5.21. The molecule has 5 heteroatoms. The number of nitrogens with one attached hydrogen (secondary N) is 1. The van der Waals surface area contributed by atoms with Crippen LogP contribution in [0.25, 0.3) is 6.08 Å². The van der Waals surface area contributed by atoms with Gasteiger partial charge in [0.25, 0.3) is 0 Å². The Morgan fingerprint density at radius 3 is 2.38 bits per heavy atom. The minimum absolute atomic E-state index is 0.168. The van der Waals surface area contributed by atoms with Crippen molar-refractivity contribution < 1.29 is 19.4 Å². The highest BCUT2D eigenvalue weighted by Crippen LogP contribution is 2.12. The Labute approximate surface area is 140 Å². The van der Waals surface area contributed by atoms with Crippen molar-refractivity contribution in [1.82, 2.24) is 5.32 Å². The molecule has 0 saturated heterocycles. The monoisotopic (exact) mass is 329 g/mol. The predicted octanol–water partition coefficient (Wildman–Crippen LogP) is 2.65. The molecule has 126 valence electrons. The highest BCUT2D eigenvalue weighted by Gasteiger charge is 2.13. The smallest absolute Gasteiger partial charge is 0.247 e. The maximum absolute atomic E-state index is 12.9. The molecule has 2 aromatic rings. The first-order valence-electron chi connectivity index (χ1n) is 7.61. The highest BCUT2D eigenvalue weighted by atomic mass is 19.1. The van der Waals surface area contributed by atoms with Gasteiger partial charge >= 0.3 is 0 Å². The van der Waals surface area contributed by atoms with Crippen LogP contribution in [0, 0.1) is 5.82 Å². The largest absolute Gasteiger partial charge is 0.508 e. The number of hydrogen-bond donors (Lipinski definition) is 3. The Hall–Kier alpha value is -2.66. The lowest BCUT2D eigenvalue weighted by atomic mass is 10.1. The summed E-state index contributed by atoms with van der Waals surface area (Å²) in [6.45, 7) is 1.46. The van der Waals surface area contributed by atoms with E-state index in [0.29, 0.717) is 12.0 Å². The van der Waals surface area contributed by atoms with Crippen LogP contribution < -0.4 is 5.32 Å². The van der Waals surface area contributed by atoms with Gasteiger partial charge in [-0.2, -0.15) is 0 Å². The Balaban J connectivity index is 1.99. The number of carbonyl (C=O) groups excluding carboxylic acids is 1. The number of phenolic OH excluding ortho intramolecular Hbond substituents is 1. The van der Waals surface area contributed by atoms with Crippen molar-refractivity contribution >= 4 is 12.0 Å². The molecule has 2 rings (SSSR count). The summed E-state index contributed by atoms with van der Waals surface area (Å²) in [5.41, 5.74) is 2.08. The highest BCUT2D eigenvalue weighted by molar-refractivity contribution is 5.97. The molecule has 0 saturated carbocycles. The molecule has 24 heavy (non-hydrogen) atoms. The Morgan fingerprint density at radius 2 is 1.79 bits per heavy atom. The van der Waals surface area contributed by atoms with E-state index in [1.807, 2.05) is 0 Å². The second-order valence-electron chi connectivity index (χ2n) is 5.60. The van der Waals surface area contributed by atoms with Crippen LogP contribution in [-0.2, 0) is 11.2 Å². The van der Waals surface area contributed by atoms with Crippen molar-refractivity contribution in [2.75, 3.05) is 6.61 Å². The maximum Gasteiger partial charge on any atom is 0.247 e. The van der Waals surface area contributed by atoms with E-state index < -0.39 is 6.04 Å². The fraction of sp³-hybridized carbons (Fsp3) is 0.211. The topological polar surface area (TPSA) is 69.6 Å². The van der Waals surface area contributed by atoms with Gasteiger partial charge in [0.05, 0.1) is 12.6 Å². The second-order valence-corrected chi connectivity index (χ2v) is 5.60. The molecule has 0 radical (unpaired) electrons. The minimum Gasteiger partial charge on any atom is -0.508 e. The van der Waals surface area contributed by atoms with E-state index in [2.05, 4.69) is 5.32 Å². The van der Waals surface area contributed by atoms with Crippen molar-refractivity contribution in [1.29, 1.82) is 0 Å². The molecule has 0 heterocycles. The normalized spacial score (nSPS) is 12.7. The van der Waals surface area contributed by atoms with Gasteiger partial charge in [0.15, 0.2) is 0 Å². The third-order valence-electron chi connectivity index (χ3n) is 3.59. The SMILES string of the molecule is C/C(=C/c1ccc(F)cc1)C(=O)N[C@H](CO)Cc1ccc(O)cc1. The molecular formula is C19H20FNO3. The number of amides is 1. The van der Waals surface area contributed by atoms with E-state index >= 15 is 0 Å². The van der Waals surface area contributed by atoms with Gasteiger partial charge in [-0.25, -0.2) is 4.39 Å². The number of halogens is 1. The van der Waals surface area contributed by atoms with Crippen LogP contribution in [0.4, 0.5) is 4.39 Å². The van der Waals surface area contributed by atoms with Gasteiger partial charge in [-0.05, 0) is 54.8 Å². The van der Waals surface area contributed by atoms with Crippen molar-refractivity contribution in [3.8, 4) is 5.75 Å². The molecule has 4 nitrogen and oxygen atoms in total. The fourth-order valence-electron chi connectivity index (χ4n) is 2.25. The number of carbonyl (C=O) groups is 1. The van der Waals surface area contributed by atoms with Crippen LogP contribution in [0.15, 0.2) is 54.1 Å². The molecule has 2 aromatic carbocycles. The number of phenols is 1. The zero-order chi connectivity index (χ0) is 17.5. The first-order valence-corrected chi connectivity index (χ1v) is 7.61. The Morgan fingerprint density at radius 1 is 1.17 bits per heavy atom. The molecule has 0 fully saturated rings. The summed E-state index contributed by atoms with van der Waals surface area (Å²) >= 11 is 0. The molecule has 0 aromatic heterocycles. The summed E-state index contributed by atoms with van der Waals surface area (Å²) in [6.07, 6.45) is 2.11. The first kappa shape index (κ1) is 17.7. The van der Waals surface area contributed by atoms with Crippen LogP contribution in [-0.4, -0.2) is 28.8 Å². The third-order valence-corrected chi connectivity index (χ3v) is 3.59. The molecule has 0 bridgehead atoms. The summed E-state index contributed by atoms with van der Waals surface area (Å²) in [5.74, 6) is -0.456. The molecule has 1 amide bonds. The number of aliphatic hydroxyl groups excluding tert-OH is 1. The lowest BCUT2D eigenvalue weighted by molar-refractivity contribution is -0.118. The van der Waals surface area contributed by atoms with Gasteiger partial charge in [0.1, 0.15) is 11.6 Å². The average molecular weight is 329 g/mol. The van der Waals surface area contributed by atoms with E-state index in [-0.39, 0.29) is 24.1 Å². The van der Waals surface area contributed by atoms with Gasteiger partial charge < -0.3 is 15.5 Å². The van der Waals surface area contributed by atoms with E-state index in [4.69, 9.17) is 0 Å². The standard InChI is InChI=1S/C19H20FNO3/c1-13(10-14-2-6-16(20)7-3-14)19(24)21-17(12-22)11-15-4-8-18(23)9-5-15/h2-10,17,22-23H,11-12H2,1H3,(H,21,24)/b13-10-/t17-/m0/s1. The van der Waals surface area contributed by atoms with Crippen LogP contribution in [0.2, 0.25) is 0 Å². The summed E-state index contributed by atoms with van der Waals surface area (Å²) < 4.78 is 12.9. The van der Waals surface area contributed by atoms with Gasteiger partial charge in [-0.15, -0.1) is 0 Å². The maximum atomic E-state index is 12.9. The second kappa shape index (κ2) is 8.26. The summed E-state index contributed by atoms with van der Waals surface area (Å²) in [7, 11) is 0. The summed E-state index contributed by atoms with van der Waals surface area (Å²) in [4.78, 5) is 12.2. The number of rotatable bonds is 6. The minimum atomic E-state index is -0.432. The molecule has 0 aliphatic carbocycles. The van der Waals surface area contributed by atoms with Gasteiger partial charge in [0, 0.05) is 5.57 Å². The summed E-state index contributed by atoms with van der Waals surface area (Å²) in [6, 6.07) is 12.0. The van der Waals surface area contributed by atoms with Crippen LogP contribution >= 0.6 is 0 Å². The van der Waals surface area contributed by atoms with E-state index in [9.17, 15) is 19.4 Å². The zero-order valence-corrected chi connectivity index (χ0v) is 13.4. The molecule has 0 aliphatic heterocycles. The molecule has 0 spiro atoms. The number of hydrogen-bond acceptors (Lipinski definition) is 3. The molecule has 1 atom stereocenters. The van der Waals surface area contributed by atoms with Gasteiger partial charge in [-0.3, -0.25) is 4.79 Å². The average Bonchev–Trinajstić information content (AvgIpc) is 2.58. The number of aliphatic hydroxyl groups is 1. The lowest BCUT2D eigenvalue weighted by Gasteiger charge is -2.16. The summed E-state index contributed by atoms with van der Waals surface area (Å²) in [5, 5.41) is 21.5. The first-order chi connectivity index (χ1) is 11.5. The molecular weight excluding hydrogens is 309 g/mol. The zero-order valence-electron chi connectivity index (χ0n) is 13.4. The number of aromatic hydroxyl groups is 1. The van der Waals surface area contributed by atoms with Crippen molar-refractivity contribution in [3.05, 3.63) is 71.0 Å². The van der Waals surface area contributed by atoms with Crippen LogP contribution in [0.3, 0.4) is 0 Å². The quantitative estimate of drug-likeness (QED) is 0.714. The van der Waals surface area contributed by atoms with E-state index in [1.165, 1.54) is 12.1 Å². The fourth-order valence-corrected chi connectivity index (χ4v) is 2.25. The number of benzene rings is 2. The molecule has 0 aliphatic rings. The van der Waals surface area contributed by atoms with Crippen LogP contribution in [0.5, 0.6) is 5.75 Å². The van der Waals surface area contributed by atoms with Crippen molar-refractivity contribution in [3.63, 3.8) is 0 Å². The predicted molar refractivity (Wildman–Crippen MR) is 90.9 cm³/mol. The molecule has 3 N–H and O–H groups in total. The van der Waals surface area contributed by atoms with Gasteiger partial charge in [-0.1, -0.05) is 24.3 Å². The van der Waals surface area contributed by atoms with Gasteiger partial charge in [0.2, 0.25) is 5.91 Å². The van der Waals surface area contributed by atoms with E-state index in [1.54, 1.807) is 49.4 Å². The molecule has 0 unspecified atom stereocenters. The lowest BCUT2D eigenvalue weighted by Crippen LogP contribution is -2.39. The Kier molecular flexibility index (Phi) is 6.09. The van der Waals surface area contributed by atoms with Crippen molar-refractivity contribution in [2.45, 2.75) is 19.4 Å².